The smallest absolute Gasteiger partial charge is 0.0954 e. The summed E-state index contributed by atoms with van der Waals surface area (Å²) in [5, 5.41) is 8.90. The number of aliphatic hydroxyl groups is 1. The predicted molar refractivity (Wildman–Crippen MR) is 45.9 cm³/mol. The molecule has 0 bridgehead atoms. The summed E-state index contributed by atoms with van der Waals surface area (Å²) in [7, 11) is 0. The molecule has 12 heavy (non-hydrogen) atoms. The lowest BCUT2D eigenvalue weighted by Crippen LogP contribution is -1.99. The van der Waals surface area contributed by atoms with Gasteiger partial charge in [-0.2, -0.15) is 0 Å². The third-order valence-corrected chi connectivity index (χ3v) is 2.76. The molecule has 2 atom stereocenters. The van der Waals surface area contributed by atoms with Gasteiger partial charge in [-0.25, -0.2) is 4.98 Å². The molecule has 1 fully saturated rings. The zero-order valence-electron chi connectivity index (χ0n) is 7.49. The fourth-order valence-corrected chi connectivity index (χ4v) is 1.62. The van der Waals surface area contributed by atoms with E-state index in [2.05, 4.69) is 16.5 Å². The van der Waals surface area contributed by atoms with Crippen LogP contribution in [0, 0.1) is 19.8 Å². The van der Waals surface area contributed by atoms with Gasteiger partial charge in [-0.1, -0.05) is 0 Å². The summed E-state index contributed by atoms with van der Waals surface area (Å²) in [6.45, 7) is 4.40. The van der Waals surface area contributed by atoms with E-state index in [9.17, 15) is 0 Å². The van der Waals surface area contributed by atoms with Crippen LogP contribution in [0.2, 0.25) is 0 Å². The molecule has 0 spiro atoms. The fraction of sp³-hybridized carbons (Fsp3) is 0.667. The molecule has 1 heterocycles. The minimum absolute atomic E-state index is 0.307. The van der Waals surface area contributed by atoms with E-state index in [1.54, 1.807) is 0 Å². The van der Waals surface area contributed by atoms with Crippen molar-refractivity contribution in [2.45, 2.75) is 26.3 Å². The minimum atomic E-state index is 0.307. The predicted octanol–water partition coefficient (Wildman–Crippen LogP) is 1.05. The molecule has 3 heteroatoms. The fourth-order valence-electron chi connectivity index (χ4n) is 1.62. The topological polar surface area (TPSA) is 38.0 Å². The number of hydrogen-bond donors (Lipinski definition) is 1. The first-order chi connectivity index (χ1) is 5.74. The van der Waals surface area contributed by atoms with Crippen molar-refractivity contribution >= 4 is 0 Å². The Kier molecular flexibility index (Phi) is 1.68. The number of aliphatic hydroxyl groups excluding tert-OH is 1. The van der Waals surface area contributed by atoms with Crippen LogP contribution in [0.4, 0.5) is 0 Å². The summed E-state index contributed by atoms with van der Waals surface area (Å²) < 4.78 is 2.18. The number of imidazole rings is 1. The maximum Gasteiger partial charge on any atom is 0.0954 e. The van der Waals surface area contributed by atoms with Crippen LogP contribution in [0.5, 0.6) is 0 Å². The molecule has 1 aliphatic rings. The van der Waals surface area contributed by atoms with Crippen LogP contribution >= 0.6 is 0 Å². The lowest BCUT2D eigenvalue weighted by Gasteiger charge is -2.02. The van der Waals surface area contributed by atoms with Crippen molar-refractivity contribution in [3.8, 4) is 0 Å². The molecule has 66 valence electrons. The van der Waals surface area contributed by atoms with Gasteiger partial charge in [-0.05, 0) is 20.3 Å². The highest BCUT2D eigenvalue weighted by Crippen LogP contribution is 2.43. The number of hydrogen-bond acceptors (Lipinski definition) is 2. The van der Waals surface area contributed by atoms with E-state index in [0.717, 1.165) is 12.1 Å². The van der Waals surface area contributed by atoms with E-state index >= 15 is 0 Å². The van der Waals surface area contributed by atoms with Gasteiger partial charge in [0.05, 0.1) is 12.0 Å². The van der Waals surface area contributed by atoms with Gasteiger partial charge in [0.25, 0.3) is 0 Å². The molecule has 3 nitrogen and oxygen atoms in total. The standard InChI is InChI=1S/C9H14N2O/c1-6-7(2)11(5-10-6)9-3-8(9)4-12/h5,8-9,12H,3-4H2,1-2H3. The third kappa shape index (κ3) is 1.05. The molecular weight excluding hydrogens is 152 g/mol. The molecule has 2 unspecified atom stereocenters. The second-order valence-electron chi connectivity index (χ2n) is 3.57. The maximum atomic E-state index is 8.90. The van der Waals surface area contributed by atoms with E-state index in [4.69, 9.17) is 5.11 Å². The Balaban J connectivity index is 2.20. The molecule has 1 N–H and O–H groups in total. The lowest BCUT2D eigenvalue weighted by atomic mass is 10.3. The van der Waals surface area contributed by atoms with Crippen molar-refractivity contribution in [1.82, 2.24) is 9.55 Å². The maximum absolute atomic E-state index is 8.90. The normalized spacial score (nSPS) is 27.6. The zero-order valence-corrected chi connectivity index (χ0v) is 7.49. The summed E-state index contributed by atoms with van der Waals surface area (Å²) in [6.07, 6.45) is 2.98. The molecule has 0 aliphatic heterocycles. The van der Waals surface area contributed by atoms with Crippen LogP contribution in [0.25, 0.3) is 0 Å². The Morgan fingerprint density at radius 2 is 2.42 bits per heavy atom. The van der Waals surface area contributed by atoms with Crippen molar-refractivity contribution < 1.29 is 5.11 Å². The molecular formula is C9H14N2O. The molecule has 1 aromatic heterocycles. The summed E-state index contributed by atoms with van der Waals surface area (Å²) >= 11 is 0. The van der Waals surface area contributed by atoms with Crippen molar-refractivity contribution in [1.29, 1.82) is 0 Å². The van der Waals surface area contributed by atoms with E-state index < -0.39 is 0 Å². The molecule has 0 amide bonds. The summed E-state index contributed by atoms with van der Waals surface area (Å²) in [4.78, 5) is 4.23. The minimum Gasteiger partial charge on any atom is -0.396 e. The largest absolute Gasteiger partial charge is 0.396 e. The molecule has 0 saturated heterocycles. The van der Waals surface area contributed by atoms with Crippen molar-refractivity contribution in [2.75, 3.05) is 6.61 Å². The van der Waals surface area contributed by atoms with Gasteiger partial charge in [0.1, 0.15) is 0 Å². The SMILES string of the molecule is Cc1ncn(C2CC2CO)c1C. The first kappa shape index (κ1) is 7.80. The van der Waals surface area contributed by atoms with Crippen LogP contribution in [0.3, 0.4) is 0 Å². The number of rotatable bonds is 2. The summed E-state index contributed by atoms with van der Waals surface area (Å²) in [5.41, 5.74) is 2.33. The van der Waals surface area contributed by atoms with Crippen LogP contribution in [0.15, 0.2) is 6.33 Å². The number of aryl methyl sites for hydroxylation is 1. The summed E-state index contributed by atoms with van der Waals surface area (Å²) in [6, 6.07) is 0.510. The van der Waals surface area contributed by atoms with Gasteiger partial charge in [0.2, 0.25) is 0 Å². The summed E-state index contributed by atoms with van der Waals surface area (Å²) in [5.74, 6) is 0.470. The second-order valence-corrected chi connectivity index (χ2v) is 3.57. The van der Waals surface area contributed by atoms with Gasteiger partial charge >= 0.3 is 0 Å². The highest BCUT2D eigenvalue weighted by Gasteiger charge is 2.38. The Morgan fingerprint density at radius 1 is 1.67 bits per heavy atom. The molecule has 1 saturated carbocycles. The molecule has 1 aromatic rings. The van der Waals surface area contributed by atoms with Crippen LogP contribution in [-0.4, -0.2) is 21.3 Å². The molecule has 0 aromatic carbocycles. The molecule has 1 aliphatic carbocycles. The van der Waals surface area contributed by atoms with Gasteiger partial charge in [0, 0.05) is 24.3 Å². The first-order valence-corrected chi connectivity index (χ1v) is 4.35. The number of aromatic nitrogens is 2. The monoisotopic (exact) mass is 166 g/mol. The van der Waals surface area contributed by atoms with E-state index in [-0.39, 0.29) is 0 Å². The Hall–Kier alpha value is -0.830. The zero-order chi connectivity index (χ0) is 8.72. The Labute approximate surface area is 72.0 Å². The third-order valence-electron chi connectivity index (χ3n) is 2.76. The number of nitrogens with zero attached hydrogens (tertiary/aromatic N) is 2. The van der Waals surface area contributed by atoms with Crippen LogP contribution in [0.1, 0.15) is 23.9 Å². The average Bonchev–Trinajstić information content (AvgIpc) is 2.77. The van der Waals surface area contributed by atoms with Crippen molar-refractivity contribution in [3.05, 3.63) is 17.7 Å². The van der Waals surface area contributed by atoms with Crippen LogP contribution in [-0.2, 0) is 0 Å². The Morgan fingerprint density at radius 3 is 2.83 bits per heavy atom. The van der Waals surface area contributed by atoms with E-state index in [0.29, 0.717) is 18.6 Å². The average molecular weight is 166 g/mol. The quantitative estimate of drug-likeness (QED) is 0.713. The first-order valence-electron chi connectivity index (χ1n) is 4.35. The second kappa shape index (κ2) is 2.59. The van der Waals surface area contributed by atoms with Crippen LogP contribution < -0.4 is 0 Å². The van der Waals surface area contributed by atoms with Gasteiger partial charge < -0.3 is 9.67 Å². The molecule has 2 rings (SSSR count). The molecule has 0 radical (unpaired) electrons. The Bertz CT molecular complexity index is 293. The van der Waals surface area contributed by atoms with E-state index in [1.165, 1.54) is 5.69 Å². The highest BCUT2D eigenvalue weighted by atomic mass is 16.3. The van der Waals surface area contributed by atoms with Gasteiger partial charge in [-0.15, -0.1) is 0 Å². The highest BCUT2D eigenvalue weighted by molar-refractivity contribution is 5.12. The van der Waals surface area contributed by atoms with Gasteiger partial charge in [-0.3, -0.25) is 0 Å². The lowest BCUT2D eigenvalue weighted by molar-refractivity contribution is 0.268. The van der Waals surface area contributed by atoms with Gasteiger partial charge in [0.15, 0.2) is 0 Å². The van der Waals surface area contributed by atoms with E-state index in [1.807, 2.05) is 13.3 Å². The van der Waals surface area contributed by atoms with Crippen molar-refractivity contribution in [2.24, 2.45) is 5.92 Å². The van der Waals surface area contributed by atoms with Crippen molar-refractivity contribution in [3.63, 3.8) is 0 Å².